The van der Waals surface area contributed by atoms with Crippen LogP contribution in [0.5, 0.6) is 0 Å². The van der Waals surface area contributed by atoms with Crippen molar-refractivity contribution < 1.29 is 23.1 Å². The van der Waals surface area contributed by atoms with Gasteiger partial charge < -0.3 is 10.4 Å². The van der Waals surface area contributed by atoms with E-state index in [1.165, 1.54) is 24.3 Å². The zero-order valence-electron chi connectivity index (χ0n) is 13.6. The fourth-order valence-corrected chi connectivity index (χ4v) is 3.76. The molecule has 0 atom stereocenters. The zero-order valence-corrected chi connectivity index (χ0v) is 14.4. The van der Waals surface area contributed by atoms with Crippen molar-refractivity contribution in [1.29, 1.82) is 0 Å². The number of hydrogen-bond donors (Lipinski definition) is 3. The van der Waals surface area contributed by atoms with E-state index in [2.05, 4.69) is 16.0 Å². The largest absolute Gasteiger partial charge is 0.481 e. The minimum absolute atomic E-state index is 0.0371. The Morgan fingerprint density at radius 2 is 1.92 bits per heavy atom. The number of hydrogen-bond acceptors (Lipinski definition) is 4. The van der Waals surface area contributed by atoms with Gasteiger partial charge in [-0.25, -0.2) is 8.42 Å². The molecule has 1 amide bonds. The summed E-state index contributed by atoms with van der Waals surface area (Å²) in [6, 6.07) is 5.58. The molecule has 134 valence electrons. The Labute approximate surface area is 146 Å². The molecule has 0 bridgehead atoms. The average molecular weight is 364 g/mol. The molecule has 1 saturated carbocycles. The lowest BCUT2D eigenvalue weighted by Crippen LogP contribution is -2.38. The smallest absolute Gasteiger partial charge is 0.306 e. The Morgan fingerprint density at radius 3 is 2.52 bits per heavy atom. The maximum Gasteiger partial charge on any atom is 0.306 e. The molecule has 2 rings (SSSR count). The monoisotopic (exact) mass is 364 g/mol. The number of aliphatic carboxylic acids is 1. The van der Waals surface area contributed by atoms with Crippen molar-refractivity contribution in [3.05, 3.63) is 29.8 Å². The van der Waals surface area contributed by atoms with E-state index in [1.54, 1.807) is 0 Å². The van der Waals surface area contributed by atoms with Gasteiger partial charge in [-0.2, -0.15) is 4.72 Å². The number of carbonyl (C=O) groups is 2. The zero-order chi connectivity index (χ0) is 18.4. The summed E-state index contributed by atoms with van der Waals surface area (Å²) >= 11 is 0. The van der Waals surface area contributed by atoms with Gasteiger partial charge in [0.25, 0.3) is 5.91 Å². The van der Waals surface area contributed by atoms with Crippen molar-refractivity contribution in [1.82, 2.24) is 10.0 Å². The highest BCUT2D eigenvalue weighted by atomic mass is 32.2. The van der Waals surface area contributed by atoms with E-state index in [4.69, 9.17) is 11.5 Å². The second-order valence-electron chi connectivity index (χ2n) is 5.92. The minimum Gasteiger partial charge on any atom is -0.481 e. The van der Waals surface area contributed by atoms with Gasteiger partial charge in [0.2, 0.25) is 10.0 Å². The van der Waals surface area contributed by atoms with Crippen molar-refractivity contribution in [2.24, 2.45) is 5.92 Å². The molecule has 0 aliphatic heterocycles. The molecule has 0 unspecified atom stereocenters. The van der Waals surface area contributed by atoms with E-state index in [9.17, 15) is 18.0 Å². The number of terminal acetylenes is 1. The SMILES string of the molecule is C#CCNS(=O)(=O)c1cccc(C(=O)NC2CCC(C(=O)O)CC2)c1. The molecule has 1 aromatic rings. The normalized spacial score (nSPS) is 20.4. The number of carbonyl (C=O) groups excluding carboxylic acids is 1. The van der Waals surface area contributed by atoms with Gasteiger partial charge >= 0.3 is 5.97 Å². The van der Waals surface area contributed by atoms with Crippen molar-refractivity contribution >= 4 is 21.9 Å². The highest BCUT2D eigenvalue weighted by molar-refractivity contribution is 7.89. The second kappa shape index (κ2) is 8.14. The molecule has 1 aliphatic rings. The third-order valence-corrected chi connectivity index (χ3v) is 5.58. The van der Waals surface area contributed by atoms with Crippen LogP contribution in [-0.4, -0.2) is 38.0 Å². The summed E-state index contributed by atoms with van der Waals surface area (Å²) in [7, 11) is -3.77. The maximum atomic E-state index is 12.3. The molecule has 3 N–H and O–H groups in total. The first-order chi connectivity index (χ1) is 11.8. The third-order valence-electron chi connectivity index (χ3n) is 4.18. The number of carboxylic acids is 1. The first-order valence-corrected chi connectivity index (χ1v) is 9.38. The summed E-state index contributed by atoms with van der Waals surface area (Å²) in [5.74, 6) is 0.642. The topological polar surface area (TPSA) is 113 Å². The van der Waals surface area contributed by atoms with Gasteiger partial charge in [0.15, 0.2) is 0 Å². The summed E-state index contributed by atoms with van der Waals surface area (Å²) < 4.78 is 26.4. The van der Waals surface area contributed by atoms with Crippen LogP contribution in [0.4, 0.5) is 0 Å². The number of rotatable bonds is 6. The van der Waals surface area contributed by atoms with Crippen LogP contribution in [0.25, 0.3) is 0 Å². The van der Waals surface area contributed by atoms with Crippen molar-refractivity contribution in [3.63, 3.8) is 0 Å². The Kier molecular flexibility index (Phi) is 6.17. The summed E-state index contributed by atoms with van der Waals surface area (Å²) in [6.45, 7) is -0.133. The quantitative estimate of drug-likeness (QED) is 0.651. The van der Waals surface area contributed by atoms with E-state index in [0.29, 0.717) is 25.7 Å². The lowest BCUT2D eigenvalue weighted by atomic mass is 9.86. The predicted molar refractivity (Wildman–Crippen MR) is 91.3 cm³/mol. The molecule has 0 saturated heterocycles. The van der Waals surface area contributed by atoms with Gasteiger partial charge in [-0.3, -0.25) is 9.59 Å². The average Bonchev–Trinajstić information content (AvgIpc) is 2.60. The van der Waals surface area contributed by atoms with Crippen molar-refractivity contribution in [2.45, 2.75) is 36.6 Å². The van der Waals surface area contributed by atoms with E-state index in [-0.39, 0.29) is 34.9 Å². The summed E-state index contributed by atoms with van der Waals surface area (Å²) in [5.41, 5.74) is 0.226. The van der Waals surface area contributed by atoms with E-state index in [0.717, 1.165) is 0 Å². The molecule has 1 aliphatic carbocycles. The van der Waals surface area contributed by atoms with Gasteiger partial charge in [-0.15, -0.1) is 6.42 Å². The van der Waals surface area contributed by atoms with Crippen LogP contribution in [0.1, 0.15) is 36.0 Å². The predicted octanol–water partition coefficient (Wildman–Crippen LogP) is 0.971. The number of sulfonamides is 1. The van der Waals surface area contributed by atoms with E-state index in [1.807, 2.05) is 0 Å². The summed E-state index contributed by atoms with van der Waals surface area (Å²) in [5, 5.41) is 11.8. The molecule has 25 heavy (non-hydrogen) atoms. The molecule has 1 aromatic carbocycles. The first kappa shape index (κ1) is 19.0. The molecule has 7 nitrogen and oxygen atoms in total. The third kappa shape index (κ3) is 5.05. The Balaban J connectivity index is 2.02. The number of amides is 1. The van der Waals surface area contributed by atoms with Gasteiger partial charge in [0.05, 0.1) is 17.4 Å². The second-order valence-corrected chi connectivity index (χ2v) is 7.68. The van der Waals surface area contributed by atoms with Crippen LogP contribution in [0.2, 0.25) is 0 Å². The number of nitrogens with one attached hydrogen (secondary N) is 2. The van der Waals surface area contributed by atoms with Gasteiger partial charge in [0, 0.05) is 11.6 Å². The fraction of sp³-hybridized carbons (Fsp3) is 0.412. The molecule has 8 heteroatoms. The summed E-state index contributed by atoms with van der Waals surface area (Å²) in [6.07, 6.45) is 7.26. The van der Waals surface area contributed by atoms with Crippen LogP contribution in [0, 0.1) is 18.3 Å². The molecule has 0 heterocycles. The summed E-state index contributed by atoms with van der Waals surface area (Å²) in [4.78, 5) is 23.3. The van der Waals surface area contributed by atoms with Crippen molar-refractivity contribution in [2.75, 3.05) is 6.54 Å². The lowest BCUT2D eigenvalue weighted by Gasteiger charge is -2.26. The van der Waals surface area contributed by atoms with Crippen LogP contribution in [-0.2, 0) is 14.8 Å². The fourth-order valence-electron chi connectivity index (χ4n) is 2.78. The first-order valence-electron chi connectivity index (χ1n) is 7.90. The van der Waals surface area contributed by atoms with Crippen LogP contribution >= 0.6 is 0 Å². The number of carboxylic acid groups (broad SMARTS) is 1. The van der Waals surface area contributed by atoms with Gasteiger partial charge in [-0.1, -0.05) is 12.0 Å². The van der Waals surface area contributed by atoms with E-state index >= 15 is 0 Å². The Hall–Kier alpha value is -2.37. The molecule has 0 radical (unpaired) electrons. The van der Waals surface area contributed by atoms with Gasteiger partial charge in [0.1, 0.15) is 0 Å². The highest BCUT2D eigenvalue weighted by Gasteiger charge is 2.27. The maximum absolute atomic E-state index is 12.3. The minimum atomic E-state index is -3.77. The molecule has 0 aromatic heterocycles. The molecular formula is C17H20N2O5S. The van der Waals surface area contributed by atoms with Crippen LogP contribution in [0.3, 0.4) is 0 Å². The van der Waals surface area contributed by atoms with Crippen LogP contribution in [0.15, 0.2) is 29.2 Å². The van der Waals surface area contributed by atoms with Gasteiger partial charge in [-0.05, 0) is 43.9 Å². The lowest BCUT2D eigenvalue weighted by molar-refractivity contribution is -0.142. The van der Waals surface area contributed by atoms with Crippen LogP contribution < -0.4 is 10.0 Å². The van der Waals surface area contributed by atoms with Crippen molar-refractivity contribution in [3.8, 4) is 12.3 Å². The number of benzene rings is 1. The molecule has 0 spiro atoms. The molecular weight excluding hydrogens is 344 g/mol. The Morgan fingerprint density at radius 1 is 1.24 bits per heavy atom. The standard InChI is InChI=1S/C17H20N2O5S/c1-2-10-18-25(23,24)15-5-3-4-13(11-15)16(20)19-14-8-6-12(7-9-14)17(21)22/h1,3-5,11-12,14,18H,6-10H2,(H,19,20)(H,21,22). The Bertz CT molecular complexity index is 790. The highest BCUT2D eigenvalue weighted by Crippen LogP contribution is 2.24. The van der Waals surface area contributed by atoms with E-state index < -0.39 is 16.0 Å². The molecule has 1 fully saturated rings.